The Hall–Kier alpha value is -2.87. The van der Waals surface area contributed by atoms with E-state index in [1.54, 1.807) is 0 Å². The van der Waals surface area contributed by atoms with Crippen LogP contribution in [0, 0.1) is 0 Å². The second-order valence-corrected chi connectivity index (χ2v) is 5.98. The number of hydrogen-bond donors (Lipinski definition) is 1. The van der Waals surface area contributed by atoms with Gasteiger partial charge in [-0.25, -0.2) is 4.79 Å². The molecule has 1 N–H and O–H groups in total. The van der Waals surface area contributed by atoms with E-state index in [0.29, 0.717) is 0 Å². The second kappa shape index (κ2) is 9.89. The normalized spacial score (nSPS) is 12.3. The third-order valence-electron chi connectivity index (χ3n) is 3.91. The number of halogens is 3. The number of carbonyl (C=O) groups excluding carboxylic acids is 2. The smallest absolute Gasteiger partial charge is 0.416 e. The highest BCUT2D eigenvalue weighted by atomic mass is 19.4. The summed E-state index contributed by atoms with van der Waals surface area (Å²) < 4.78 is 49.3. The summed E-state index contributed by atoms with van der Waals surface area (Å²) in [5.41, 5.74) is -0.117. The topological polar surface area (TPSA) is 64.6 Å². The number of amides is 1. The lowest BCUT2D eigenvalue weighted by atomic mass is 9.99. The Kier molecular flexibility index (Phi) is 7.57. The zero-order chi connectivity index (χ0) is 20.6. The maximum Gasteiger partial charge on any atom is 0.416 e. The van der Waals surface area contributed by atoms with E-state index < -0.39 is 29.7 Å². The van der Waals surface area contributed by atoms with Gasteiger partial charge in [0.2, 0.25) is 5.91 Å². The summed E-state index contributed by atoms with van der Waals surface area (Å²) in [7, 11) is 1.10. The van der Waals surface area contributed by atoms with Crippen LogP contribution >= 0.6 is 0 Å². The Balaban J connectivity index is 2.00. The van der Waals surface area contributed by atoms with Gasteiger partial charge in [-0.1, -0.05) is 48.5 Å². The molecule has 0 aliphatic heterocycles. The molecule has 5 nitrogen and oxygen atoms in total. The molecular formula is C20H20F3NO4. The van der Waals surface area contributed by atoms with Crippen molar-refractivity contribution in [2.24, 2.45) is 0 Å². The van der Waals surface area contributed by atoms with Crippen molar-refractivity contribution in [2.75, 3.05) is 13.7 Å². The fourth-order valence-electron chi connectivity index (χ4n) is 2.60. The molecule has 0 radical (unpaired) electrons. The molecule has 1 atom stereocenters. The Bertz CT molecular complexity index is 794. The third kappa shape index (κ3) is 6.38. The first-order valence-electron chi connectivity index (χ1n) is 8.45. The van der Waals surface area contributed by atoms with Gasteiger partial charge in [0.05, 0.1) is 19.3 Å². The Labute approximate surface area is 160 Å². The summed E-state index contributed by atoms with van der Waals surface area (Å²) >= 11 is 0. The van der Waals surface area contributed by atoms with Crippen LogP contribution in [-0.4, -0.2) is 31.6 Å². The molecule has 0 bridgehead atoms. The van der Waals surface area contributed by atoms with Crippen LogP contribution < -0.4 is 5.32 Å². The summed E-state index contributed by atoms with van der Waals surface area (Å²) in [5.74, 6) is -1.47. The van der Waals surface area contributed by atoms with Gasteiger partial charge in [0.15, 0.2) is 0 Å². The van der Waals surface area contributed by atoms with Gasteiger partial charge in [-0.2, -0.15) is 13.2 Å². The van der Waals surface area contributed by atoms with Crippen LogP contribution in [0.2, 0.25) is 0 Å². The summed E-state index contributed by atoms with van der Waals surface area (Å²) in [5, 5.41) is 2.38. The lowest BCUT2D eigenvalue weighted by Gasteiger charge is -2.19. The van der Waals surface area contributed by atoms with Crippen LogP contribution in [0.5, 0.6) is 0 Å². The van der Waals surface area contributed by atoms with Crippen LogP contribution in [0.4, 0.5) is 13.2 Å². The van der Waals surface area contributed by atoms with Gasteiger partial charge in [-0.15, -0.1) is 0 Å². The molecule has 0 aromatic heterocycles. The fraction of sp³-hybridized carbons (Fsp3) is 0.300. The van der Waals surface area contributed by atoms with Crippen molar-refractivity contribution in [1.82, 2.24) is 5.32 Å². The van der Waals surface area contributed by atoms with E-state index in [9.17, 15) is 22.8 Å². The number of nitrogens with one attached hydrogen (secondary N) is 1. The number of benzene rings is 2. The van der Waals surface area contributed by atoms with Gasteiger partial charge in [-0.05, 0) is 17.2 Å². The number of rotatable bonds is 8. The molecule has 2 aromatic rings. The molecule has 0 saturated heterocycles. The number of hydrogen-bond acceptors (Lipinski definition) is 4. The predicted octanol–water partition coefficient (Wildman–Crippen LogP) is 3.12. The first-order valence-corrected chi connectivity index (χ1v) is 8.45. The molecule has 0 spiro atoms. The highest BCUT2D eigenvalue weighted by Crippen LogP contribution is 2.32. The first kappa shape index (κ1) is 21.4. The SMILES string of the molecule is COC(=O)[C@@H](Cc1ccccc1C(F)(F)F)NC(=O)COCc1ccccc1. The van der Waals surface area contributed by atoms with E-state index in [4.69, 9.17) is 4.74 Å². The quantitative estimate of drug-likeness (QED) is 0.698. The van der Waals surface area contributed by atoms with Gasteiger partial charge in [0.1, 0.15) is 12.6 Å². The largest absolute Gasteiger partial charge is 0.467 e. The Morgan fingerprint density at radius 2 is 1.68 bits per heavy atom. The van der Waals surface area contributed by atoms with Crippen molar-refractivity contribution in [3.8, 4) is 0 Å². The standard InChI is InChI=1S/C20H20F3NO4/c1-27-19(26)17(11-15-9-5-6-10-16(15)20(21,22)23)24-18(25)13-28-12-14-7-3-2-4-8-14/h2-10,17H,11-13H2,1H3,(H,24,25)/t17-/m1/s1. The zero-order valence-corrected chi connectivity index (χ0v) is 15.2. The van der Waals surface area contributed by atoms with Crippen molar-refractivity contribution < 1.29 is 32.2 Å². The molecular weight excluding hydrogens is 375 g/mol. The molecule has 2 rings (SSSR count). The predicted molar refractivity (Wildman–Crippen MR) is 95.2 cm³/mol. The molecule has 0 unspecified atom stereocenters. The number of ether oxygens (including phenoxy) is 2. The Morgan fingerprint density at radius 3 is 2.32 bits per heavy atom. The van der Waals surface area contributed by atoms with E-state index in [-0.39, 0.29) is 25.2 Å². The van der Waals surface area contributed by atoms with Crippen molar-refractivity contribution in [1.29, 1.82) is 0 Å². The minimum absolute atomic E-state index is 0.115. The number of carbonyl (C=O) groups is 2. The molecule has 0 aliphatic carbocycles. The minimum Gasteiger partial charge on any atom is -0.467 e. The van der Waals surface area contributed by atoms with Crippen LogP contribution in [0.25, 0.3) is 0 Å². The molecule has 2 aromatic carbocycles. The van der Waals surface area contributed by atoms with Crippen molar-refractivity contribution >= 4 is 11.9 Å². The maximum absolute atomic E-state index is 13.1. The van der Waals surface area contributed by atoms with E-state index in [2.05, 4.69) is 10.1 Å². The van der Waals surface area contributed by atoms with Crippen molar-refractivity contribution in [2.45, 2.75) is 25.2 Å². The first-order chi connectivity index (χ1) is 13.3. The van der Waals surface area contributed by atoms with Crippen LogP contribution in [0.15, 0.2) is 54.6 Å². The monoisotopic (exact) mass is 395 g/mol. The minimum atomic E-state index is -4.57. The number of esters is 1. The van der Waals surface area contributed by atoms with Gasteiger partial charge >= 0.3 is 12.1 Å². The molecule has 8 heteroatoms. The molecule has 0 aliphatic rings. The zero-order valence-electron chi connectivity index (χ0n) is 15.2. The summed E-state index contributed by atoms with van der Waals surface area (Å²) in [4.78, 5) is 24.0. The highest BCUT2D eigenvalue weighted by molar-refractivity contribution is 5.85. The lowest BCUT2D eigenvalue weighted by Crippen LogP contribution is -2.44. The summed E-state index contributed by atoms with van der Waals surface area (Å²) in [6, 6.07) is 12.8. The number of methoxy groups -OCH3 is 1. The average molecular weight is 395 g/mol. The fourth-order valence-corrected chi connectivity index (χ4v) is 2.60. The van der Waals surface area contributed by atoms with Crippen molar-refractivity contribution in [3.63, 3.8) is 0 Å². The molecule has 0 heterocycles. The molecule has 0 fully saturated rings. The molecule has 28 heavy (non-hydrogen) atoms. The van der Waals surface area contributed by atoms with Gasteiger partial charge in [-0.3, -0.25) is 4.79 Å². The van der Waals surface area contributed by atoms with Gasteiger partial charge in [0, 0.05) is 6.42 Å². The molecule has 150 valence electrons. The maximum atomic E-state index is 13.1. The summed E-state index contributed by atoms with van der Waals surface area (Å²) in [6.07, 6.45) is -4.92. The van der Waals surface area contributed by atoms with Gasteiger partial charge < -0.3 is 14.8 Å². The highest BCUT2D eigenvalue weighted by Gasteiger charge is 2.34. The second-order valence-electron chi connectivity index (χ2n) is 5.98. The molecule has 0 saturated carbocycles. The molecule has 1 amide bonds. The number of alkyl halides is 3. The van der Waals surface area contributed by atoms with E-state index in [0.717, 1.165) is 18.7 Å². The lowest BCUT2D eigenvalue weighted by molar-refractivity contribution is -0.146. The van der Waals surface area contributed by atoms with Crippen molar-refractivity contribution in [3.05, 3.63) is 71.3 Å². The third-order valence-corrected chi connectivity index (χ3v) is 3.91. The van der Waals surface area contributed by atoms with Crippen LogP contribution in [0.3, 0.4) is 0 Å². The Morgan fingerprint density at radius 1 is 1.04 bits per heavy atom. The van der Waals surface area contributed by atoms with Crippen LogP contribution in [0.1, 0.15) is 16.7 Å². The van der Waals surface area contributed by atoms with E-state index >= 15 is 0 Å². The van der Waals surface area contributed by atoms with E-state index in [1.165, 1.54) is 18.2 Å². The van der Waals surface area contributed by atoms with Gasteiger partial charge in [0.25, 0.3) is 0 Å². The van der Waals surface area contributed by atoms with E-state index in [1.807, 2.05) is 30.3 Å². The average Bonchev–Trinajstić information content (AvgIpc) is 2.67. The van der Waals surface area contributed by atoms with Crippen LogP contribution in [-0.2, 0) is 38.3 Å². The summed E-state index contributed by atoms with van der Waals surface area (Å²) in [6.45, 7) is -0.155.